The molecule has 1 aromatic carbocycles. The highest BCUT2D eigenvalue weighted by Gasteiger charge is 2.21. The molecule has 4 rings (SSSR count). The number of hydrogen-bond donors (Lipinski definition) is 0. The molecule has 8 heteroatoms. The van der Waals surface area contributed by atoms with Crippen molar-refractivity contribution >= 4 is 23.1 Å². The van der Waals surface area contributed by atoms with Gasteiger partial charge in [0.05, 0.1) is 10.1 Å². The van der Waals surface area contributed by atoms with Crippen LogP contribution in [0.15, 0.2) is 51.5 Å². The molecule has 4 aromatic rings. The van der Waals surface area contributed by atoms with Crippen LogP contribution in [0.4, 0.5) is 0 Å². The summed E-state index contributed by atoms with van der Waals surface area (Å²) in [5, 5.41) is 15.7. The number of thiophene rings is 1. The van der Waals surface area contributed by atoms with Crippen LogP contribution >= 0.6 is 23.1 Å². The van der Waals surface area contributed by atoms with Gasteiger partial charge in [-0.15, -0.1) is 21.5 Å². The predicted octanol–water partition coefficient (Wildman–Crippen LogP) is 5.24. The second kappa shape index (κ2) is 7.66. The minimum absolute atomic E-state index is 0.0222. The molecule has 1 unspecified atom stereocenters. The molecule has 0 fully saturated rings. The first kappa shape index (κ1) is 17.9. The van der Waals surface area contributed by atoms with Gasteiger partial charge in [-0.1, -0.05) is 46.7 Å². The highest BCUT2D eigenvalue weighted by molar-refractivity contribution is 7.99. The SMILES string of the molecule is CCn1c(SC(C)c2nc(-c3cccs3)no2)nnc1-c1cccc(C)c1. The van der Waals surface area contributed by atoms with Crippen molar-refractivity contribution in [3.8, 4) is 22.1 Å². The highest BCUT2D eigenvalue weighted by Crippen LogP contribution is 2.35. The van der Waals surface area contributed by atoms with Crippen LogP contribution in [0.3, 0.4) is 0 Å². The van der Waals surface area contributed by atoms with Gasteiger partial charge in [0, 0.05) is 12.1 Å². The van der Waals surface area contributed by atoms with Crippen molar-refractivity contribution in [3.05, 3.63) is 53.2 Å². The summed E-state index contributed by atoms with van der Waals surface area (Å²) in [6.45, 7) is 7.00. The summed E-state index contributed by atoms with van der Waals surface area (Å²) in [5.74, 6) is 2.09. The molecule has 0 amide bonds. The third kappa shape index (κ3) is 3.68. The zero-order valence-corrected chi connectivity index (χ0v) is 16.9. The molecule has 138 valence electrons. The van der Waals surface area contributed by atoms with E-state index in [-0.39, 0.29) is 5.25 Å². The van der Waals surface area contributed by atoms with Crippen LogP contribution in [0.1, 0.15) is 30.6 Å². The molecule has 0 saturated carbocycles. The first-order valence-corrected chi connectivity index (χ1v) is 10.5. The average molecular weight is 398 g/mol. The lowest BCUT2D eigenvalue weighted by Crippen LogP contribution is -2.01. The Morgan fingerprint density at radius 3 is 2.85 bits per heavy atom. The van der Waals surface area contributed by atoms with Crippen molar-refractivity contribution in [2.75, 3.05) is 0 Å². The van der Waals surface area contributed by atoms with E-state index in [1.165, 1.54) is 5.56 Å². The lowest BCUT2D eigenvalue weighted by atomic mass is 10.1. The Hall–Kier alpha value is -2.45. The van der Waals surface area contributed by atoms with Crippen LogP contribution in [-0.2, 0) is 6.54 Å². The number of rotatable bonds is 6. The molecular formula is C19H19N5OS2. The zero-order chi connectivity index (χ0) is 18.8. The van der Waals surface area contributed by atoms with Crippen LogP contribution in [0.25, 0.3) is 22.1 Å². The highest BCUT2D eigenvalue weighted by atomic mass is 32.2. The fourth-order valence-electron chi connectivity index (χ4n) is 2.77. The van der Waals surface area contributed by atoms with Crippen LogP contribution in [0.2, 0.25) is 0 Å². The Morgan fingerprint density at radius 2 is 2.11 bits per heavy atom. The summed E-state index contributed by atoms with van der Waals surface area (Å²) >= 11 is 3.17. The summed E-state index contributed by atoms with van der Waals surface area (Å²) in [6.07, 6.45) is 0. The Bertz CT molecular complexity index is 1040. The van der Waals surface area contributed by atoms with Gasteiger partial charge in [0.25, 0.3) is 0 Å². The van der Waals surface area contributed by atoms with E-state index in [9.17, 15) is 0 Å². The fourth-order valence-corrected chi connectivity index (χ4v) is 4.37. The average Bonchev–Trinajstić information content (AvgIpc) is 3.41. The van der Waals surface area contributed by atoms with E-state index in [2.05, 4.69) is 57.0 Å². The summed E-state index contributed by atoms with van der Waals surface area (Å²) < 4.78 is 7.59. The first-order valence-electron chi connectivity index (χ1n) is 8.70. The van der Waals surface area contributed by atoms with Crippen molar-refractivity contribution in [1.29, 1.82) is 0 Å². The standard InChI is InChI=1S/C19H19N5OS2/c1-4-24-17(14-8-5-7-12(2)11-14)21-22-19(24)27-13(3)18-20-16(23-25-18)15-9-6-10-26-15/h5-11,13H,4H2,1-3H3. The smallest absolute Gasteiger partial charge is 0.240 e. The van der Waals surface area contributed by atoms with Gasteiger partial charge in [-0.3, -0.25) is 0 Å². The summed E-state index contributed by atoms with van der Waals surface area (Å²) in [5.41, 5.74) is 2.27. The number of nitrogens with zero attached hydrogens (tertiary/aromatic N) is 5. The Labute approximate surface area is 165 Å². The predicted molar refractivity (Wildman–Crippen MR) is 108 cm³/mol. The van der Waals surface area contributed by atoms with Crippen molar-refractivity contribution in [2.24, 2.45) is 0 Å². The molecule has 0 saturated heterocycles. The maximum atomic E-state index is 5.47. The van der Waals surface area contributed by atoms with E-state index in [0.717, 1.165) is 28.0 Å². The molecule has 0 spiro atoms. The zero-order valence-electron chi connectivity index (χ0n) is 15.3. The summed E-state index contributed by atoms with van der Waals surface area (Å²) in [6, 6.07) is 12.3. The molecular weight excluding hydrogens is 378 g/mol. The minimum atomic E-state index is -0.0222. The van der Waals surface area contributed by atoms with E-state index in [4.69, 9.17) is 4.52 Å². The van der Waals surface area contributed by atoms with E-state index in [1.807, 2.05) is 30.5 Å². The van der Waals surface area contributed by atoms with Gasteiger partial charge in [-0.25, -0.2) is 0 Å². The normalized spacial score (nSPS) is 12.4. The van der Waals surface area contributed by atoms with Gasteiger partial charge in [0.15, 0.2) is 11.0 Å². The van der Waals surface area contributed by atoms with Crippen molar-refractivity contribution in [1.82, 2.24) is 24.9 Å². The quantitative estimate of drug-likeness (QED) is 0.415. The van der Waals surface area contributed by atoms with E-state index in [1.54, 1.807) is 23.1 Å². The second-order valence-corrected chi connectivity index (χ2v) is 8.37. The van der Waals surface area contributed by atoms with Crippen LogP contribution in [-0.4, -0.2) is 24.9 Å². The molecule has 6 nitrogen and oxygen atoms in total. The van der Waals surface area contributed by atoms with E-state index >= 15 is 0 Å². The number of thioether (sulfide) groups is 1. The van der Waals surface area contributed by atoms with Gasteiger partial charge in [-0.05, 0) is 38.3 Å². The van der Waals surface area contributed by atoms with Gasteiger partial charge >= 0.3 is 0 Å². The minimum Gasteiger partial charge on any atom is -0.338 e. The van der Waals surface area contributed by atoms with Gasteiger partial charge in [0.1, 0.15) is 0 Å². The van der Waals surface area contributed by atoms with Crippen molar-refractivity contribution in [2.45, 2.75) is 37.7 Å². The molecule has 0 aliphatic rings. The third-order valence-corrected chi connectivity index (χ3v) is 6.06. The van der Waals surface area contributed by atoms with Crippen LogP contribution < -0.4 is 0 Å². The number of benzene rings is 1. The first-order chi connectivity index (χ1) is 13.2. The molecule has 0 aliphatic carbocycles. The van der Waals surface area contributed by atoms with E-state index < -0.39 is 0 Å². The molecule has 3 aromatic heterocycles. The number of aromatic nitrogens is 5. The number of hydrogen-bond acceptors (Lipinski definition) is 7. The monoisotopic (exact) mass is 397 g/mol. The second-order valence-electron chi connectivity index (χ2n) is 6.11. The summed E-state index contributed by atoms with van der Waals surface area (Å²) in [7, 11) is 0. The maximum Gasteiger partial charge on any atom is 0.240 e. The van der Waals surface area contributed by atoms with Crippen LogP contribution in [0, 0.1) is 6.92 Å². The molecule has 27 heavy (non-hydrogen) atoms. The molecule has 0 aliphatic heterocycles. The Morgan fingerprint density at radius 1 is 1.22 bits per heavy atom. The lowest BCUT2D eigenvalue weighted by molar-refractivity contribution is 0.380. The number of aryl methyl sites for hydroxylation is 1. The van der Waals surface area contributed by atoms with Crippen molar-refractivity contribution in [3.63, 3.8) is 0 Å². The Kier molecular flexibility index (Phi) is 5.09. The topological polar surface area (TPSA) is 69.6 Å². The molecule has 0 radical (unpaired) electrons. The third-order valence-electron chi connectivity index (χ3n) is 4.12. The van der Waals surface area contributed by atoms with Crippen LogP contribution in [0.5, 0.6) is 0 Å². The fraction of sp³-hybridized carbons (Fsp3) is 0.263. The molecule has 0 N–H and O–H groups in total. The van der Waals surface area contributed by atoms with Crippen molar-refractivity contribution < 1.29 is 4.52 Å². The lowest BCUT2D eigenvalue weighted by Gasteiger charge is -2.09. The molecule has 3 heterocycles. The van der Waals surface area contributed by atoms with Gasteiger partial charge in [-0.2, -0.15) is 4.98 Å². The van der Waals surface area contributed by atoms with Gasteiger partial charge in [0.2, 0.25) is 11.7 Å². The molecule has 0 bridgehead atoms. The largest absolute Gasteiger partial charge is 0.338 e. The van der Waals surface area contributed by atoms with E-state index in [0.29, 0.717) is 11.7 Å². The van der Waals surface area contributed by atoms with Gasteiger partial charge < -0.3 is 9.09 Å². The maximum absolute atomic E-state index is 5.47. The Balaban J connectivity index is 1.57. The molecule has 1 atom stereocenters. The summed E-state index contributed by atoms with van der Waals surface area (Å²) in [4.78, 5) is 5.54.